The largest absolute Gasteiger partial charge is 0.325 e. The molecule has 0 spiro atoms. The van der Waals surface area contributed by atoms with E-state index in [1.54, 1.807) is 28.9 Å². The van der Waals surface area contributed by atoms with Crippen LogP contribution in [-0.2, 0) is 4.79 Å². The summed E-state index contributed by atoms with van der Waals surface area (Å²) in [5, 5.41) is 15.4. The highest BCUT2D eigenvalue weighted by Gasteiger charge is 2.19. The van der Waals surface area contributed by atoms with Gasteiger partial charge in [0, 0.05) is 10.7 Å². The molecule has 1 N–H and O–H groups in total. The average molecular weight is 374 g/mol. The third kappa shape index (κ3) is 4.37. The molecule has 0 unspecified atom stereocenters. The third-order valence-electron chi connectivity index (χ3n) is 3.48. The second-order valence-corrected chi connectivity index (χ2v) is 7.21. The van der Waals surface area contributed by atoms with E-state index in [1.807, 2.05) is 38.1 Å². The Labute approximate surface area is 154 Å². The highest BCUT2D eigenvalue weighted by atomic mass is 35.5. The Hall–Kier alpha value is -2.38. The fourth-order valence-electron chi connectivity index (χ4n) is 2.09. The highest BCUT2D eigenvalue weighted by Crippen LogP contribution is 2.24. The molecular weight excluding hydrogens is 358 g/mol. The molecule has 0 aliphatic carbocycles. The van der Waals surface area contributed by atoms with Gasteiger partial charge in [-0.2, -0.15) is 4.68 Å². The molecule has 0 saturated carbocycles. The standard InChI is InChI=1S/C17H16ClN5OS/c1-11-3-9-15(10-4-11)23-17(20-21-22-23)25-12(2)16(24)19-14-7-5-13(18)6-8-14/h3-10,12H,1-2H3,(H,19,24)/t12-/m1/s1. The summed E-state index contributed by atoms with van der Waals surface area (Å²) in [6.45, 7) is 3.83. The van der Waals surface area contributed by atoms with Crippen LogP contribution >= 0.6 is 23.4 Å². The van der Waals surface area contributed by atoms with Gasteiger partial charge in [-0.15, -0.1) is 5.10 Å². The Balaban J connectivity index is 1.70. The van der Waals surface area contributed by atoms with Crippen molar-refractivity contribution in [1.82, 2.24) is 20.2 Å². The lowest BCUT2D eigenvalue weighted by Crippen LogP contribution is -2.22. The maximum atomic E-state index is 12.4. The van der Waals surface area contributed by atoms with Crippen molar-refractivity contribution in [2.24, 2.45) is 0 Å². The minimum absolute atomic E-state index is 0.134. The molecule has 0 radical (unpaired) electrons. The Morgan fingerprint density at radius 2 is 1.84 bits per heavy atom. The monoisotopic (exact) mass is 373 g/mol. The summed E-state index contributed by atoms with van der Waals surface area (Å²) in [5.74, 6) is -0.134. The van der Waals surface area contributed by atoms with Crippen molar-refractivity contribution in [2.75, 3.05) is 5.32 Å². The number of tetrazole rings is 1. The number of aromatic nitrogens is 4. The number of nitrogens with zero attached hydrogens (tertiary/aromatic N) is 4. The molecule has 0 bridgehead atoms. The maximum Gasteiger partial charge on any atom is 0.237 e. The van der Waals surface area contributed by atoms with Gasteiger partial charge in [0.1, 0.15) is 0 Å². The van der Waals surface area contributed by atoms with Gasteiger partial charge in [-0.1, -0.05) is 41.1 Å². The molecule has 3 aromatic rings. The lowest BCUT2D eigenvalue weighted by Gasteiger charge is -2.12. The summed E-state index contributed by atoms with van der Waals surface area (Å²) >= 11 is 7.14. The molecule has 1 heterocycles. The van der Waals surface area contributed by atoms with Gasteiger partial charge >= 0.3 is 0 Å². The van der Waals surface area contributed by atoms with Crippen molar-refractivity contribution in [3.63, 3.8) is 0 Å². The van der Waals surface area contributed by atoms with E-state index in [2.05, 4.69) is 20.8 Å². The zero-order valence-electron chi connectivity index (χ0n) is 13.7. The predicted octanol–water partition coefficient (Wildman–Crippen LogP) is 3.74. The predicted molar refractivity (Wildman–Crippen MR) is 99.3 cm³/mol. The van der Waals surface area contributed by atoms with Gasteiger partial charge in [0.15, 0.2) is 0 Å². The molecule has 0 aliphatic rings. The number of hydrogen-bond donors (Lipinski definition) is 1. The number of halogens is 1. The minimum Gasteiger partial charge on any atom is -0.325 e. The number of benzene rings is 2. The van der Waals surface area contributed by atoms with E-state index in [-0.39, 0.29) is 11.2 Å². The Bertz CT molecular complexity index is 864. The molecule has 3 rings (SSSR count). The zero-order chi connectivity index (χ0) is 17.8. The quantitative estimate of drug-likeness (QED) is 0.689. The Morgan fingerprint density at radius 3 is 2.52 bits per heavy atom. The van der Waals surface area contributed by atoms with Crippen LogP contribution in [0.25, 0.3) is 5.69 Å². The van der Waals surface area contributed by atoms with Crippen molar-refractivity contribution in [3.8, 4) is 5.69 Å². The van der Waals surface area contributed by atoms with Crippen molar-refractivity contribution >= 4 is 35.0 Å². The number of hydrogen-bond acceptors (Lipinski definition) is 5. The summed E-state index contributed by atoms with van der Waals surface area (Å²) in [7, 11) is 0. The van der Waals surface area contributed by atoms with E-state index in [0.29, 0.717) is 15.9 Å². The van der Waals surface area contributed by atoms with Crippen LogP contribution in [0, 0.1) is 6.92 Å². The van der Waals surface area contributed by atoms with Gasteiger partial charge in [0.2, 0.25) is 11.1 Å². The first-order chi connectivity index (χ1) is 12.0. The molecular formula is C17H16ClN5OS. The van der Waals surface area contributed by atoms with Crippen molar-refractivity contribution in [1.29, 1.82) is 0 Å². The summed E-state index contributed by atoms with van der Waals surface area (Å²) in [4.78, 5) is 12.4. The van der Waals surface area contributed by atoms with E-state index in [9.17, 15) is 4.79 Å². The smallest absolute Gasteiger partial charge is 0.237 e. The number of carbonyl (C=O) groups excluding carboxylic acids is 1. The fourth-order valence-corrected chi connectivity index (χ4v) is 3.02. The topological polar surface area (TPSA) is 72.7 Å². The summed E-state index contributed by atoms with van der Waals surface area (Å²) in [5.41, 5.74) is 2.70. The van der Waals surface area contributed by atoms with Crippen LogP contribution < -0.4 is 5.32 Å². The van der Waals surface area contributed by atoms with Gasteiger partial charge in [-0.3, -0.25) is 4.79 Å². The molecule has 1 aromatic heterocycles. The first-order valence-corrected chi connectivity index (χ1v) is 8.87. The number of nitrogens with one attached hydrogen (secondary N) is 1. The van der Waals surface area contributed by atoms with Crippen LogP contribution in [0.3, 0.4) is 0 Å². The number of amides is 1. The molecule has 0 saturated heterocycles. The van der Waals surface area contributed by atoms with Gasteiger partial charge in [0.25, 0.3) is 0 Å². The second-order valence-electron chi connectivity index (χ2n) is 5.47. The van der Waals surface area contributed by atoms with Crippen LogP contribution in [0.2, 0.25) is 5.02 Å². The molecule has 6 nitrogen and oxygen atoms in total. The van der Waals surface area contributed by atoms with Crippen molar-refractivity contribution in [3.05, 3.63) is 59.1 Å². The number of carbonyl (C=O) groups is 1. The number of rotatable bonds is 5. The van der Waals surface area contributed by atoms with Gasteiger partial charge in [0.05, 0.1) is 10.9 Å². The molecule has 128 valence electrons. The van der Waals surface area contributed by atoms with E-state index in [4.69, 9.17) is 11.6 Å². The molecule has 25 heavy (non-hydrogen) atoms. The van der Waals surface area contributed by atoms with Crippen LogP contribution in [0.15, 0.2) is 53.7 Å². The lowest BCUT2D eigenvalue weighted by atomic mass is 10.2. The highest BCUT2D eigenvalue weighted by molar-refractivity contribution is 8.00. The van der Waals surface area contributed by atoms with Crippen molar-refractivity contribution < 1.29 is 4.79 Å². The maximum absolute atomic E-state index is 12.4. The molecule has 1 atom stereocenters. The van der Waals surface area contributed by atoms with E-state index >= 15 is 0 Å². The summed E-state index contributed by atoms with van der Waals surface area (Å²) in [6.07, 6.45) is 0. The molecule has 0 fully saturated rings. The molecule has 0 aliphatic heterocycles. The zero-order valence-corrected chi connectivity index (χ0v) is 15.3. The Morgan fingerprint density at radius 1 is 1.16 bits per heavy atom. The van der Waals surface area contributed by atoms with Crippen molar-refractivity contribution in [2.45, 2.75) is 24.3 Å². The first kappa shape index (κ1) is 17.4. The normalized spacial score (nSPS) is 12.0. The van der Waals surface area contributed by atoms with Gasteiger partial charge in [-0.25, -0.2) is 0 Å². The fraction of sp³-hybridized carbons (Fsp3) is 0.176. The number of thioether (sulfide) groups is 1. The molecule has 1 amide bonds. The third-order valence-corrected chi connectivity index (χ3v) is 4.77. The minimum atomic E-state index is -0.370. The van der Waals surface area contributed by atoms with E-state index in [0.717, 1.165) is 11.3 Å². The van der Waals surface area contributed by atoms with E-state index < -0.39 is 0 Å². The average Bonchev–Trinajstić information content (AvgIpc) is 3.05. The van der Waals surface area contributed by atoms with Gasteiger partial charge in [-0.05, 0) is 60.7 Å². The van der Waals surface area contributed by atoms with Gasteiger partial charge < -0.3 is 5.32 Å². The summed E-state index contributed by atoms with van der Waals surface area (Å²) in [6, 6.07) is 14.8. The SMILES string of the molecule is Cc1ccc(-n2nnnc2S[C@H](C)C(=O)Nc2ccc(Cl)cc2)cc1. The second kappa shape index (κ2) is 7.67. The van der Waals surface area contributed by atoms with E-state index in [1.165, 1.54) is 11.8 Å². The first-order valence-electron chi connectivity index (χ1n) is 7.61. The van der Waals surface area contributed by atoms with Crippen LogP contribution in [0.1, 0.15) is 12.5 Å². The summed E-state index contributed by atoms with van der Waals surface area (Å²) < 4.78 is 1.62. The lowest BCUT2D eigenvalue weighted by molar-refractivity contribution is -0.115. The van der Waals surface area contributed by atoms with Crippen LogP contribution in [0.5, 0.6) is 0 Å². The molecule has 2 aromatic carbocycles. The van der Waals surface area contributed by atoms with Crippen LogP contribution in [0.4, 0.5) is 5.69 Å². The van der Waals surface area contributed by atoms with Crippen LogP contribution in [-0.4, -0.2) is 31.4 Å². The number of aryl methyl sites for hydroxylation is 1. The Kier molecular flexibility index (Phi) is 5.35. The molecule has 8 heteroatoms. The number of anilines is 1.